The molecule has 3 heteroatoms. The number of nitrogens with one attached hydrogen (secondary N) is 1. The van der Waals surface area contributed by atoms with Crippen molar-refractivity contribution in [3.05, 3.63) is 45.7 Å². The van der Waals surface area contributed by atoms with Crippen LogP contribution in [0.15, 0.2) is 29.1 Å². The van der Waals surface area contributed by atoms with Crippen molar-refractivity contribution in [2.24, 2.45) is 5.92 Å². The Kier molecular flexibility index (Phi) is 4.61. The van der Waals surface area contributed by atoms with Gasteiger partial charge in [-0.25, -0.2) is 0 Å². The molecule has 0 bridgehead atoms. The maximum atomic E-state index is 11.8. The van der Waals surface area contributed by atoms with Crippen molar-refractivity contribution in [2.75, 3.05) is 0 Å². The zero-order chi connectivity index (χ0) is 14.7. The summed E-state index contributed by atoms with van der Waals surface area (Å²) in [4.78, 5) is 14.7. The van der Waals surface area contributed by atoms with E-state index >= 15 is 0 Å². The quantitative estimate of drug-likeness (QED) is 0.875. The first-order chi connectivity index (χ1) is 9.60. The molecule has 0 aliphatic heterocycles. The number of aryl methyl sites for hydroxylation is 1. The van der Waals surface area contributed by atoms with Gasteiger partial charge in [-0.3, -0.25) is 4.79 Å². The minimum Gasteiger partial charge on any atom is -0.388 e. The van der Waals surface area contributed by atoms with E-state index < -0.39 is 6.10 Å². The second kappa shape index (κ2) is 6.23. The van der Waals surface area contributed by atoms with E-state index in [-0.39, 0.29) is 11.5 Å². The van der Waals surface area contributed by atoms with Gasteiger partial charge in [-0.15, -0.1) is 0 Å². The number of hydrogen-bond donors (Lipinski definition) is 2. The van der Waals surface area contributed by atoms with E-state index in [1.807, 2.05) is 31.2 Å². The Morgan fingerprint density at radius 2 is 1.85 bits per heavy atom. The number of aliphatic hydroxyl groups excluding tert-OH is 1. The topological polar surface area (TPSA) is 53.1 Å². The first-order valence-electron chi connectivity index (χ1n) is 7.44. The SMILES string of the molecule is CCc1cc2cc(C(O)C(CC)CC)ccc2[nH]c1=O. The van der Waals surface area contributed by atoms with Crippen LogP contribution in [-0.4, -0.2) is 10.1 Å². The summed E-state index contributed by atoms with van der Waals surface area (Å²) in [7, 11) is 0. The number of aromatic nitrogens is 1. The summed E-state index contributed by atoms with van der Waals surface area (Å²) in [5.41, 5.74) is 2.52. The molecule has 108 valence electrons. The van der Waals surface area contributed by atoms with Crippen molar-refractivity contribution in [3.63, 3.8) is 0 Å². The van der Waals surface area contributed by atoms with Crippen LogP contribution >= 0.6 is 0 Å². The highest BCUT2D eigenvalue weighted by Crippen LogP contribution is 2.28. The van der Waals surface area contributed by atoms with Crippen LogP contribution in [0.2, 0.25) is 0 Å². The average Bonchev–Trinajstić information content (AvgIpc) is 2.47. The number of benzene rings is 1. The Morgan fingerprint density at radius 1 is 1.15 bits per heavy atom. The van der Waals surface area contributed by atoms with Gasteiger partial charge in [0.15, 0.2) is 0 Å². The van der Waals surface area contributed by atoms with Gasteiger partial charge in [0.25, 0.3) is 5.56 Å². The van der Waals surface area contributed by atoms with Crippen molar-refractivity contribution >= 4 is 10.9 Å². The van der Waals surface area contributed by atoms with Crippen LogP contribution < -0.4 is 5.56 Å². The van der Waals surface area contributed by atoms with Crippen molar-refractivity contribution in [3.8, 4) is 0 Å². The molecular weight excluding hydrogens is 250 g/mol. The molecule has 0 amide bonds. The summed E-state index contributed by atoms with van der Waals surface area (Å²) in [6.07, 6.45) is 2.19. The van der Waals surface area contributed by atoms with Crippen LogP contribution in [0, 0.1) is 5.92 Å². The predicted molar refractivity (Wildman–Crippen MR) is 83.0 cm³/mol. The van der Waals surface area contributed by atoms with Gasteiger partial charge >= 0.3 is 0 Å². The highest BCUT2D eigenvalue weighted by molar-refractivity contribution is 5.79. The first-order valence-corrected chi connectivity index (χ1v) is 7.44. The van der Waals surface area contributed by atoms with Gasteiger partial charge in [-0.05, 0) is 41.5 Å². The van der Waals surface area contributed by atoms with E-state index in [1.54, 1.807) is 0 Å². The predicted octanol–water partition coefficient (Wildman–Crippen LogP) is 3.56. The molecule has 0 fully saturated rings. The van der Waals surface area contributed by atoms with Crippen molar-refractivity contribution in [1.29, 1.82) is 0 Å². The summed E-state index contributed by atoms with van der Waals surface area (Å²) < 4.78 is 0. The molecule has 1 atom stereocenters. The van der Waals surface area contributed by atoms with Crippen molar-refractivity contribution in [2.45, 2.75) is 46.1 Å². The highest BCUT2D eigenvalue weighted by atomic mass is 16.3. The molecule has 1 aromatic heterocycles. The normalized spacial score (nSPS) is 13.1. The lowest BCUT2D eigenvalue weighted by Gasteiger charge is -2.20. The largest absolute Gasteiger partial charge is 0.388 e. The molecule has 3 nitrogen and oxygen atoms in total. The van der Waals surface area contributed by atoms with Crippen molar-refractivity contribution < 1.29 is 5.11 Å². The molecule has 2 aromatic rings. The molecule has 0 spiro atoms. The number of aromatic amines is 1. The van der Waals surface area contributed by atoms with Gasteiger partial charge in [0, 0.05) is 11.1 Å². The number of rotatable bonds is 5. The van der Waals surface area contributed by atoms with Gasteiger partial charge in [0.2, 0.25) is 0 Å². The third kappa shape index (κ3) is 2.78. The molecule has 0 radical (unpaired) electrons. The third-order valence-electron chi connectivity index (χ3n) is 4.16. The summed E-state index contributed by atoms with van der Waals surface area (Å²) in [5.74, 6) is 0.279. The van der Waals surface area contributed by atoms with Gasteiger partial charge in [0.1, 0.15) is 0 Å². The number of fused-ring (bicyclic) bond motifs is 1. The zero-order valence-electron chi connectivity index (χ0n) is 12.4. The molecule has 2 N–H and O–H groups in total. The zero-order valence-corrected chi connectivity index (χ0v) is 12.4. The number of pyridine rings is 1. The van der Waals surface area contributed by atoms with E-state index in [0.29, 0.717) is 6.42 Å². The monoisotopic (exact) mass is 273 g/mol. The standard InChI is InChI=1S/C17H23NO2/c1-4-11(5-2)16(19)13-7-8-15-14(10-13)9-12(6-3)17(20)18-15/h7-11,16,19H,4-6H2,1-3H3,(H,18,20). The van der Waals surface area contributed by atoms with Crippen LogP contribution in [0.5, 0.6) is 0 Å². The summed E-state index contributed by atoms with van der Waals surface area (Å²) in [6, 6.07) is 7.72. The van der Waals surface area contributed by atoms with Gasteiger partial charge < -0.3 is 10.1 Å². The van der Waals surface area contributed by atoms with Crippen LogP contribution in [0.1, 0.15) is 50.8 Å². The highest BCUT2D eigenvalue weighted by Gasteiger charge is 2.17. The molecule has 1 unspecified atom stereocenters. The molecule has 0 aliphatic carbocycles. The lowest BCUT2D eigenvalue weighted by atomic mass is 9.90. The molecular formula is C17H23NO2. The second-order valence-corrected chi connectivity index (χ2v) is 5.35. The first kappa shape index (κ1) is 14.8. The van der Waals surface area contributed by atoms with Crippen LogP contribution in [0.4, 0.5) is 0 Å². The van der Waals surface area contributed by atoms with Crippen LogP contribution in [-0.2, 0) is 6.42 Å². The molecule has 20 heavy (non-hydrogen) atoms. The lowest BCUT2D eigenvalue weighted by molar-refractivity contribution is 0.103. The molecule has 1 heterocycles. The fourth-order valence-electron chi connectivity index (χ4n) is 2.72. The Morgan fingerprint density at radius 3 is 2.45 bits per heavy atom. The molecule has 0 saturated heterocycles. The maximum Gasteiger partial charge on any atom is 0.251 e. The van der Waals surface area contributed by atoms with Crippen LogP contribution in [0.25, 0.3) is 10.9 Å². The minimum absolute atomic E-state index is 0.0201. The molecule has 1 aromatic carbocycles. The smallest absolute Gasteiger partial charge is 0.251 e. The van der Waals surface area contributed by atoms with E-state index in [2.05, 4.69) is 18.8 Å². The summed E-state index contributed by atoms with van der Waals surface area (Å²) in [6.45, 7) is 6.18. The van der Waals surface area contributed by atoms with E-state index in [0.717, 1.165) is 34.9 Å². The molecule has 2 rings (SSSR count). The minimum atomic E-state index is -0.439. The Labute approximate surface area is 119 Å². The van der Waals surface area contributed by atoms with Crippen LogP contribution in [0.3, 0.4) is 0 Å². The average molecular weight is 273 g/mol. The molecule has 0 aliphatic rings. The summed E-state index contributed by atoms with van der Waals surface area (Å²) in [5, 5.41) is 11.4. The van der Waals surface area contributed by atoms with Gasteiger partial charge in [-0.1, -0.05) is 39.7 Å². The number of aliphatic hydroxyl groups is 1. The Hall–Kier alpha value is -1.61. The number of hydrogen-bond acceptors (Lipinski definition) is 2. The lowest BCUT2D eigenvalue weighted by Crippen LogP contribution is -2.13. The van der Waals surface area contributed by atoms with E-state index in [4.69, 9.17) is 0 Å². The van der Waals surface area contributed by atoms with E-state index in [1.165, 1.54) is 0 Å². The Balaban J connectivity index is 2.47. The molecule has 0 saturated carbocycles. The summed E-state index contributed by atoms with van der Waals surface area (Å²) >= 11 is 0. The third-order valence-corrected chi connectivity index (χ3v) is 4.16. The second-order valence-electron chi connectivity index (χ2n) is 5.35. The van der Waals surface area contributed by atoms with Crippen molar-refractivity contribution in [1.82, 2.24) is 4.98 Å². The van der Waals surface area contributed by atoms with Gasteiger partial charge in [0.05, 0.1) is 6.10 Å². The van der Waals surface area contributed by atoms with E-state index in [9.17, 15) is 9.90 Å². The fraction of sp³-hybridized carbons (Fsp3) is 0.471. The van der Waals surface area contributed by atoms with Gasteiger partial charge in [-0.2, -0.15) is 0 Å². The Bertz CT molecular complexity index is 641. The fourth-order valence-corrected chi connectivity index (χ4v) is 2.72. The number of H-pyrrole nitrogens is 1. The maximum absolute atomic E-state index is 11.8.